The highest BCUT2D eigenvalue weighted by Crippen LogP contribution is 2.28. The van der Waals surface area contributed by atoms with Gasteiger partial charge in [-0.2, -0.15) is 0 Å². The van der Waals surface area contributed by atoms with Crippen molar-refractivity contribution in [1.29, 1.82) is 0 Å². The summed E-state index contributed by atoms with van der Waals surface area (Å²) >= 11 is 5.20. The number of furan rings is 1. The fourth-order valence-corrected chi connectivity index (χ4v) is 2.70. The van der Waals surface area contributed by atoms with Crippen LogP contribution in [0.25, 0.3) is 11.3 Å². The predicted octanol–water partition coefficient (Wildman–Crippen LogP) is 4.08. The summed E-state index contributed by atoms with van der Waals surface area (Å²) in [6, 6.07) is 17.2. The molecule has 3 N–H and O–H groups in total. The number of aromatic carboxylic acids is 1. The van der Waals surface area contributed by atoms with Crippen LogP contribution in [0.3, 0.4) is 0 Å². The molecule has 0 radical (unpaired) electrons. The number of carbonyl (C=O) groups is 2. The third-order valence-electron chi connectivity index (χ3n) is 3.84. The average molecular weight is 380 g/mol. The van der Waals surface area contributed by atoms with Gasteiger partial charge in [-0.05, 0) is 61.1 Å². The number of thiocarbonyl (C=S) groups is 1. The van der Waals surface area contributed by atoms with Gasteiger partial charge in [-0.1, -0.05) is 24.3 Å². The lowest BCUT2D eigenvalue weighted by molar-refractivity contribution is 0.0663. The lowest BCUT2D eigenvalue weighted by Crippen LogP contribution is -2.34. The molecule has 3 rings (SSSR count). The van der Waals surface area contributed by atoms with Gasteiger partial charge in [0.1, 0.15) is 5.76 Å². The van der Waals surface area contributed by atoms with Crippen molar-refractivity contribution in [2.24, 2.45) is 0 Å². The summed E-state index contributed by atoms with van der Waals surface area (Å²) < 4.78 is 5.36. The Morgan fingerprint density at radius 1 is 1.04 bits per heavy atom. The molecule has 0 saturated heterocycles. The molecule has 0 unspecified atom stereocenters. The first-order valence-electron chi connectivity index (χ1n) is 8.05. The average Bonchev–Trinajstić information content (AvgIpc) is 3.14. The van der Waals surface area contributed by atoms with E-state index in [4.69, 9.17) is 21.7 Å². The number of anilines is 1. The first-order valence-corrected chi connectivity index (χ1v) is 8.46. The summed E-state index contributed by atoms with van der Waals surface area (Å²) in [5.41, 5.74) is 2.78. The van der Waals surface area contributed by atoms with Crippen LogP contribution in [0.5, 0.6) is 0 Å². The molecule has 136 valence electrons. The Labute approximate surface area is 160 Å². The van der Waals surface area contributed by atoms with E-state index in [0.29, 0.717) is 17.0 Å². The molecule has 1 heterocycles. The maximum Gasteiger partial charge on any atom is 0.371 e. The molecule has 0 aliphatic rings. The Morgan fingerprint density at radius 3 is 2.44 bits per heavy atom. The number of rotatable bonds is 4. The molecule has 0 fully saturated rings. The Kier molecular flexibility index (Phi) is 5.33. The molecule has 0 saturated carbocycles. The highest BCUT2D eigenvalue weighted by Gasteiger charge is 2.13. The van der Waals surface area contributed by atoms with E-state index in [0.717, 1.165) is 11.1 Å². The second-order valence-corrected chi connectivity index (χ2v) is 6.18. The van der Waals surface area contributed by atoms with Gasteiger partial charge in [0.25, 0.3) is 5.91 Å². The number of hydrogen-bond donors (Lipinski definition) is 3. The molecule has 1 amide bonds. The van der Waals surface area contributed by atoms with Gasteiger partial charge in [-0.15, -0.1) is 0 Å². The van der Waals surface area contributed by atoms with Crippen LogP contribution in [0.4, 0.5) is 5.69 Å². The van der Waals surface area contributed by atoms with E-state index < -0.39 is 5.97 Å². The van der Waals surface area contributed by atoms with Gasteiger partial charge >= 0.3 is 5.97 Å². The molecular formula is C20H16N2O4S. The first-order chi connectivity index (χ1) is 12.9. The number of nitrogens with one attached hydrogen (secondary N) is 2. The van der Waals surface area contributed by atoms with Crippen molar-refractivity contribution in [2.45, 2.75) is 6.92 Å². The quantitative estimate of drug-likeness (QED) is 0.591. The predicted molar refractivity (Wildman–Crippen MR) is 106 cm³/mol. The molecule has 0 spiro atoms. The molecule has 0 atom stereocenters. The lowest BCUT2D eigenvalue weighted by atomic mass is 10.1. The van der Waals surface area contributed by atoms with Gasteiger partial charge in [0.2, 0.25) is 5.76 Å². The van der Waals surface area contributed by atoms with Gasteiger partial charge < -0.3 is 14.8 Å². The monoisotopic (exact) mass is 380 g/mol. The molecule has 7 heteroatoms. The van der Waals surface area contributed by atoms with Crippen molar-refractivity contribution in [3.05, 3.63) is 77.6 Å². The molecule has 0 aliphatic carbocycles. The van der Waals surface area contributed by atoms with Crippen molar-refractivity contribution < 1.29 is 19.1 Å². The normalized spacial score (nSPS) is 10.3. The SMILES string of the molecule is Cc1ccc(NC(=S)NC(=O)c2ccccc2)cc1-c1ccc(C(=O)O)o1. The van der Waals surface area contributed by atoms with Crippen LogP contribution in [0.1, 0.15) is 26.5 Å². The first kappa shape index (κ1) is 18.3. The summed E-state index contributed by atoms with van der Waals surface area (Å²) in [6.07, 6.45) is 0. The third kappa shape index (κ3) is 4.39. The molecule has 0 aliphatic heterocycles. The minimum absolute atomic E-state index is 0.131. The maximum atomic E-state index is 12.1. The fourth-order valence-electron chi connectivity index (χ4n) is 2.49. The van der Waals surface area contributed by atoms with E-state index in [1.165, 1.54) is 6.07 Å². The van der Waals surface area contributed by atoms with Gasteiger partial charge in [-0.3, -0.25) is 10.1 Å². The standard InChI is InChI=1S/C20H16N2O4S/c1-12-7-8-14(11-15(12)16-9-10-17(26-16)19(24)25)21-20(27)22-18(23)13-5-3-2-4-6-13/h2-11H,1H3,(H,24,25)(H2,21,22,23,27). The highest BCUT2D eigenvalue weighted by molar-refractivity contribution is 7.80. The van der Waals surface area contributed by atoms with Crippen LogP contribution >= 0.6 is 12.2 Å². The van der Waals surface area contributed by atoms with Crippen molar-refractivity contribution in [1.82, 2.24) is 5.32 Å². The number of benzene rings is 2. The van der Waals surface area contributed by atoms with E-state index in [2.05, 4.69) is 10.6 Å². The molecule has 1 aromatic heterocycles. The van der Waals surface area contributed by atoms with Crippen molar-refractivity contribution in [3.63, 3.8) is 0 Å². The Balaban J connectivity index is 1.74. The zero-order valence-electron chi connectivity index (χ0n) is 14.4. The van der Waals surface area contributed by atoms with Crippen LogP contribution in [0, 0.1) is 6.92 Å². The van der Waals surface area contributed by atoms with E-state index in [-0.39, 0.29) is 16.8 Å². The third-order valence-corrected chi connectivity index (χ3v) is 4.04. The number of hydrogen-bond acceptors (Lipinski definition) is 4. The topological polar surface area (TPSA) is 91.6 Å². The van der Waals surface area contributed by atoms with Crippen molar-refractivity contribution in [3.8, 4) is 11.3 Å². The summed E-state index contributed by atoms with van der Waals surface area (Å²) in [4.78, 5) is 23.1. The molecule has 6 nitrogen and oxygen atoms in total. The number of carbonyl (C=O) groups excluding carboxylic acids is 1. The number of carboxylic acids is 1. The summed E-state index contributed by atoms with van der Waals surface area (Å²) in [7, 11) is 0. The van der Waals surface area contributed by atoms with E-state index in [1.54, 1.807) is 42.5 Å². The fraction of sp³-hybridized carbons (Fsp3) is 0.0500. The second kappa shape index (κ2) is 7.84. The maximum absolute atomic E-state index is 12.1. The van der Waals surface area contributed by atoms with Gasteiger partial charge in [0.05, 0.1) is 0 Å². The smallest absolute Gasteiger partial charge is 0.371 e. The van der Waals surface area contributed by atoms with E-state index >= 15 is 0 Å². The van der Waals surface area contributed by atoms with Gasteiger partial charge in [0.15, 0.2) is 5.11 Å². The summed E-state index contributed by atoms with van der Waals surface area (Å²) in [5, 5.41) is 14.7. The zero-order valence-corrected chi connectivity index (χ0v) is 15.2. The minimum atomic E-state index is -1.13. The molecular weight excluding hydrogens is 364 g/mol. The van der Waals surface area contributed by atoms with Crippen LogP contribution in [-0.2, 0) is 0 Å². The minimum Gasteiger partial charge on any atom is -0.475 e. The largest absolute Gasteiger partial charge is 0.475 e. The molecule has 0 bridgehead atoms. The second-order valence-electron chi connectivity index (χ2n) is 5.77. The zero-order chi connectivity index (χ0) is 19.4. The van der Waals surface area contributed by atoms with E-state index in [9.17, 15) is 9.59 Å². The number of carboxylic acid groups (broad SMARTS) is 1. The summed E-state index contributed by atoms with van der Waals surface area (Å²) in [5.74, 6) is -1.13. The van der Waals surface area contributed by atoms with Crippen LogP contribution in [0.15, 0.2) is 65.1 Å². The van der Waals surface area contributed by atoms with Gasteiger partial charge in [-0.25, -0.2) is 4.79 Å². The van der Waals surface area contributed by atoms with Crippen LogP contribution < -0.4 is 10.6 Å². The molecule has 2 aromatic carbocycles. The Bertz CT molecular complexity index is 1010. The number of aryl methyl sites for hydroxylation is 1. The Hall–Kier alpha value is -3.45. The molecule has 27 heavy (non-hydrogen) atoms. The Morgan fingerprint density at radius 2 is 1.78 bits per heavy atom. The van der Waals surface area contributed by atoms with Crippen molar-refractivity contribution in [2.75, 3.05) is 5.32 Å². The van der Waals surface area contributed by atoms with Crippen LogP contribution in [-0.4, -0.2) is 22.1 Å². The lowest BCUT2D eigenvalue weighted by Gasteiger charge is -2.11. The number of amides is 1. The molecule has 3 aromatic rings. The summed E-state index contributed by atoms with van der Waals surface area (Å²) in [6.45, 7) is 1.89. The van der Waals surface area contributed by atoms with E-state index in [1.807, 2.05) is 19.1 Å². The highest BCUT2D eigenvalue weighted by atomic mass is 32.1. The van der Waals surface area contributed by atoms with Crippen molar-refractivity contribution >= 4 is 34.9 Å². The van der Waals surface area contributed by atoms with Gasteiger partial charge in [0, 0.05) is 16.8 Å². The van der Waals surface area contributed by atoms with Crippen LogP contribution in [0.2, 0.25) is 0 Å².